The molecule has 0 saturated heterocycles. The van der Waals surface area contributed by atoms with Gasteiger partial charge in [0.2, 0.25) is 0 Å². The second kappa shape index (κ2) is 9.13. The number of rotatable bonds is 6. The van der Waals surface area contributed by atoms with Gasteiger partial charge in [-0.2, -0.15) is 0 Å². The van der Waals surface area contributed by atoms with Crippen LogP contribution >= 0.6 is 35.8 Å². The molecule has 0 amide bonds. The number of aliphatic imine (C=N–C) groups is 1. The Labute approximate surface area is 210 Å². The minimum Gasteiger partial charge on any atom is -0.495 e. The van der Waals surface area contributed by atoms with Gasteiger partial charge < -0.3 is 14.8 Å². The van der Waals surface area contributed by atoms with E-state index in [-0.39, 0.29) is 0 Å². The largest absolute Gasteiger partial charge is 0.495 e. The average molecular weight is 501 g/mol. The number of amidine groups is 1. The molecule has 1 aliphatic heterocycles. The summed E-state index contributed by atoms with van der Waals surface area (Å²) in [5.41, 5.74) is 1.67. The van der Waals surface area contributed by atoms with E-state index < -0.39 is 11.1 Å². The summed E-state index contributed by atoms with van der Waals surface area (Å²) in [6.07, 6.45) is 0. The van der Waals surface area contributed by atoms with Gasteiger partial charge in [-0.1, -0.05) is 47.5 Å². The smallest absolute Gasteiger partial charge is 0.135 e. The molecule has 1 aliphatic rings. The molecule has 3 aromatic carbocycles. The summed E-state index contributed by atoms with van der Waals surface area (Å²) < 4.78 is 11.4. The van der Waals surface area contributed by atoms with Crippen molar-refractivity contribution in [2.45, 2.75) is 36.7 Å². The Kier molecular flexibility index (Phi) is 6.59. The van der Waals surface area contributed by atoms with Gasteiger partial charge in [0.05, 0.1) is 24.8 Å². The third-order valence-corrected chi connectivity index (χ3v) is 7.19. The van der Waals surface area contributed by atoms with E-state index in [9.17, 15) is 0 Å². The molecule has 4 nitrogen and oxygen atoms in total. The monoisotopic (exact) mass is 500 g/mol. The highest BCUT2D eigenvalue weighted by molar-refractivity contribution is 7.80. The number of methoxy groups -OCH3 is 1. The van der Waals surface area contributed by atoms with Crippen LogP contribution in [0.5, 0.6) is 11.5 Å². The van der Waals surface area contributed by atoms with Gasteiger partial charge in [-0.05, 0) is 62.2 Å². The van der Waals surface area contributed by atoms with E-state index in [1.165, 1.54) is 0 Å². The SMILES string of the molecule is CCOc1cc(OC)c(S)cc1C1=N[C@](C)(c2ccc(Cl)cc2)[C@](C)(c2ccc(Cl)cc2)N1. The summed E-state index contributed by atoms with van der Waals surface area (Å²) in [5.74, 6) is 2.04. The molecular weight excluding hydrogens is 475 g/mol. The van der Waals surface area contributed by atoms with Crippen LogP contribution < -0.4 is 14.8 Å². The first-order valence-corrected chi connectivity index (χ1v) is 11.9. The Morgan fingerprint density at radius 3 is 2.03 bits per heavy atom. The first-order chi connectivity index (χ1) is 15.7. The van der Waals surface area contributed by atoms with Crippen LogP contribution in [0.1, 0.15) is 37.5 Å². The Hall–Kier alpha value is -2.34. The maximum absolute atomic E-state index is 6.19. The first-order valence-electron chi connectivity index (χ1n) is 10.7. The fourth-order valence-electron chi connectivity index (χ4n) is 4.29. The standard InChI is InChI=1S/C26H26Cl2N2O2S/c1-5-32-21-15-22(31-4)23(33)14-20(21)24-29-25(2,16-6-10-18(27)11-7-16)26(3,30-24)17-8-12-19(28)13-9-17/h6-15,33H,5H2,1-4H3,(H,29,30)/t25-,26+. The fourth-order valence-corrected chi connectivity index (χ4v) is 4.82. The van der Waals surface area contributed by atoms with Gasteiger partial charge in [0.1, 0.15) is 22.9 Å². The van der Waals surface area contributed by atoms with Crippen molar-refractivity contribution in [3.8, 4) is 11.5 Å². The number of nitrogens with one attached hydrogen (secondary N) is 1. The van der Waals surface area contributed by atoms with Gasteiger partial charge in [0, 0.05) is 21.0 Å². The number of thiol groups is 1. The molecule has 0 unspecified atom stereocenters. The van der Waals surface area contributed by atoms with E-state index in [1.807, 2.05) is 67.6 Å². The van der Waals surface area contributed by atoms with Crippen LogP contribution in [-0.2, 0) is 11.1 Å². The van der Waals surface area contributed by atoms with Crippen LogP contribution in [0.3, 0.4) is 0 Å². The number of nitrogens with zero attached hydrogens (tertiary/aromatic N) is 1. The molecule has 2 atom stereocenters. The van der Waals surface area contributed by atoms with Crippen molar-refractivity contribution < 1.29 is 9.47 Å². The third-order valence-electron chi connectivity index (χ3n) is 6.34. The van der Waals surface area contributed by atoms with Crippen molar-refractivity contribution in [3.05, 3.63) is 87.4 Å². The van der Waals surface area contributed by atoms with E-state index in [1.54, 1.807) is 7.11 Å². The lowest BCUT2D eigenvalue weighted by atomic mass is 9.72. The number of hydrogen-bond donors (Lipinski definition) is 2. The third kappa shape index (κ3) is 4.18. The van der Waals surface area contributed by atoms with Gasteiger partial charge in [0.15, 0.2) is 0 Å². The molecular formula is C26H26Cl2N2O2S. The maximum atomic E-state index is 6.19. The number of ether oxygens (including phenoxy) is 2. The Bertz CT molecular complexity index is 1200. The molecule has 0 radical (unpaired) electrons. The zero-order valence-electron chi connectivity index (χ0n) is 18.9. The van der Waals surface area contributed by atoms with Crippen molar-refractivity contribution in [1.29, 1.82) is 0 Å². The van der Waals surface area contributed by atoms with Crippen LogP contribution in [0.2, 0.25) is 10.0 Å². The quantitative estimate of drug-likeness (QED) is 0.362. The normalized spacial score (nSPS) is 22.0. The van der Waals surface area contributed by atoms with Gasteiger partial charge in [-0.25, -0.2) is 0 Å². The lowest BCUT2D eigenvalue weighted by molar-refractivity contribution is 0.268. The molecule has 33 heavy (non-hydrogen) atoms. The summed E-state index contributed by atoms with van der Waals surface area (Å²) in [7, 11) is 1.62. The van der Waals surface area contributed by atoms with Gasteiger partial charge in [-0.3, -0.25) is 4.99 Å². The Balaban J connectivity index is 1.92. The maximum Gasteiger partial charge on any atom is 0.135 e. The molecule has 3 aromatic rings. The zero-order chi connectivity index (χ0) is 23.8. The number of halogens is 2. The molecule has 172 valence electrons. The van der Waals surface area contributed by atoms with Crippen molar-refractivity contribution in [3.63, 3.8) is 0 Å². The first kappa shape index (κ1) is 23.8. The molecule has 0 aromatic heterocycles. The highest BCUT2D eigenvalue weighted by Crippen LogP contribution is 2.48. The lowest BCUT2D eigenvalue weighted by Gasteiger charge is -2.40. The molecule has 0 fully saturated rings. The number of hydrogen-bond acceptors (Lipinski definition) is 5. The zero-order valence-corrected chi connectivity index (χ0v) is 21.4. The summed E-state index contributed by atoms with van der Waals surface area (Å²) in [6, 6.07) is 19.5. The fraction of sp³-hybridized carbons (Fsp3) is 0.269. The van der Waals surface area contributed by atoms with Crippen molar-refractivity contribution >= 4 is 41.7 Å². The van der Waals surface area contributed by atoms with Crippen LogP contribution in [0, 0.1) is 0 Å². The van der Waals surface area contributed by atoms with E-state index in [2.05, 4.69) is 31.8 Å². The lowest BCUT2D eigenvalue weighted by Crippen LogP contribution is -2.50. The average Bonchev–Trinajstić information content (AvgIpc) is 3.08. The van der Waals surface area contributed by atoms with Crippen molar-refractivity contribution in [2.24, 2.45) is 4.99 Å². The Morgan fingerprint density at radius 2 is 1.48 bits per heavy atom. The molecule has 4 rings (SSSR count). The molecule has 0 bridgehead atoms. The predicted molar refractivity (Wildman–Crippen MR) is 139 cm³/mol. The highest BCUT2D eigenvalue weighted by Gasteiger charge is 2.52. The van der Waals surface area contributed by atoms with Gasteiger partial charge in [-0.15, -0.1) is 12.6 Å². The van der Waals surface area contributed by atoms with Crippen LogP contribution in [0.4, 0.5) is 0 Å². The molecule has 1 N–H and O–H groups in total. The van der Waals surface area contributed by atoms with E-state index in [0.29, 0.717) is 38.9 Å². The van der Waals surface area contributed by atoms with Gasteiger partial charge in [0.25, 0.3) is 0 Å². The van der Waals surface area contributed by atoms with Gasteiger partial charge >= 0.3 is 0 Å². The minimum atomic E-state index is -0.652. The van der Waals surface area contributed by atoms with E-state index >= 15 is 0 Å². The molecule has 0 saturated carbocycles. The summed E-state index contributed by atoms with van der Waals surface area (Å²) >= 11 is 17.0. The van der Waals surface area contributed by atoms with Crippen LogP contribution in [0.15, 0.2) is 70.6 Å². The molecule has 1 heterocycles. The molecule has 0 aliphatic carbocycles. The molecule has 7 heteroatoms. The summed E-state index contributed by atoms with van der Waals surface area (Å²) in [4.78, 5) is 5.96. The summed E-state index contributed by atoms with van der Waals surface area (Å²) in [5, 5.41) is 5.07. The molecule has 0 spiro atoms. The van der Waals surface area contributed by atoms with E-state index in [0.717, 1.165) is 16.7 Å². The number of benzene rings is 3. The predicted octanol–water partition coefficient (Wildman–Crippen LogP) is 6.87. The minimum absolute atomic E-state index is 0.512. The van der Waals surface area contributed by atoms with Crippen molar-refractivity contribution in [1.82, 2.24) is 5.32 Å². The second-order valence-electron chi connectivity index (χ2n) is 8.25. The highest BCUT2D eigenvalue weighted by atomic mass is 35.5. The second-order valence-corrected chi connectivity index (χ2v) is 9.60. The topological polar surface area (TPSA) is 42.9 Å². The van der Waals surface area contributed by atoms with Crippen LogP contribution in [-0.4, -0.2) is 19.6 Å². The van der Waals surface area contributed by atoms with Crippen molar-refractivity contribution in [2.75, 3.05) is 13.7 Å². The van der Waals surface area contributed by atoms with Crippen LogP contribution in [0.25, 0.3) is 0 Å². The van der Waals surface area contributed by atoms with E-state index in [4.69, 9.17) is 37.7 Å². The summed E-state index contributed by atoms with van der Waals surface area (Å²) in [6.45, 7) is 6.73. The Morgan fingerprint density at radius 1 is 0.909 bits per heavy atom.